The lowest BCUT2D eigenvalue weighted by atomic mass is 10.2. The average molecular weight is 317 g/mol. The minimum absolute atomic E-state index is 0.0841. The van der Waals surface area contributed by atoms with Crippen LogP contribution in [-0.2, 0) is 10.0 Å². The number of sulfonamides is 1. The van der Waals surface area contributed by atoms with E-state index < -0.39 is 10.0 Å². The van der Waals surface area contributed by atoms with Gasteiger partial charge in [-0.05, 0) is 19.1 Å². The lowest BCUT2D eigenvalue weighted by molar-refractivity contribution is 0.377. The van der Waals surface area contributed by atoms with Crippen molar-refractivity contribution in [2.75, 3.05) is 13.3 Å². The van der Waals surface area contributed by atoms with E-state index in [1.807, 2.05) is 13.8 Å². The van der Waals surface area contributed by atoms with Gasteiger partial charge in [-0.3, -0.25) is 0 Å². The molecule has 0 aromatic carbocycles. The lowest BCUT2D eigenvalue weighted by Crippen LogP contribution is -2.40. The largest absolute Gasteiger partial charge is 0.332 e. The molecule has 0 aliphatic heterocycles. The number of hydrogen-bond donors (Lipinski definition) is 1. The summed E-state index contributed by atoms with van der Waals surface area (Å²) in [4.78, 5) is 7.11. The van der Waals surface area contributed by atoms with Gasteiger partial charge in [-0.2, -0.15) is 16.1 Å². The maximum absolute atomic E-state index is 12.7. The summed E-state index contributed by atoms with van der Waals surface area (Å²) in [6.45, 7) is 3.97. The molecule has 1 fully saturated rings. The van der Waals surface area contributed by atoms with Crippen molar-refractivity contribution in [3.63, 3.8) is 0 Å². The third-order valence-electron chi connectivity index (χ3n) is 3.96. The molecule has 0 unspecified atom stereocenters. The molecule has 0 bridgehead atoms. The third-order valence-corrected chi connectivity index (χ3v) is 6.91. The van der Waals surface area contributed by atoms with Crippen LogP contribution >= 0.6 is 11.8 Å². The fourth-order valence-electron chi connectivity index (χ4n) is 2.67. The summed E-state index contributed by atoms with van der Waals surface area (Å²) in [5, 5.41) is 0.595. The maximum Gasteiger partial charge on any atom is 0.260 e. The summed E-state index contributed by atoms with van der Waals surface area (Å²) in [6.07, 6.45) is 6.61. The average Bonchev–Trinajstić information content (AvgIpc) is 3.06. The van der Waals surface area contributed by atoms with E-state index in [9.17, 15) is 8.42 Å². The predicted molar refractivity (Wildman–Crippen MR) is 82.6 cm³/mol. The first-order valence-electron chi connectivity index (χ1n) is 6.93. The molecule has 2 atom stereocenters. The Bertz CT molecular complexity index is 554. The Morgan fingerprint density at radius 2 is 2.15 bits per heavy atom. The van der Waals surface area contributed by atoms with Crippen molar-refractivity contribution >= 4 is 21.8 Å². The van der Waals surface area contributed by atoms with E-state index >= 15 is 0 Å². The first-order valence-corrected chi connectivity index (χ1v) is 9.66. The van der Waals surface area contributed by atoms with Gasteiger partial charge in [0.15, 0.2) is 5.03 Å². The molecule has 1 aliphatic rings. The Morgan fingerprint density at radius 3 is 2.70 bits per heavy atom. The first kappa shape index (κ1) is 15.9. The monoisotopic (exact) mass is 317 g/mol. The van der Waals surface area contributed by atoms with Crippen molar-refractivity contribution in [3.8, 4) is 0 Å². The van der Waals surface area contributed by atoms with Gasteiger partial charge in [0.25, 0.3) is 10.0 Å². The molecule has 1 aromatic heterocycles. The van der Waals surface area contributed by atoms with Crippen molar-refractivity contribution < 1.29 is 8.42 Å². The zero-order valence-electron chi connectivity index (χ0n) is 12.5. The van der Waals surface area contributed by atoms with Gasteiger partial charge in [0, 0.05) is 24.3 Å². The zero-order chi connectivity index (χ0) is 14.9. The fourth-order valence-corrected chi connectivity index (χ4v) is 5.12. The van der Waals surface area contributed by atoms with Gasteiger partial charge >= 0.3 is 0 Å². The van der Waals surface area contributed by atoms with Crippen LogP contribution < -0.4 is 0 Å². The standard InChI is InChI=1S/C13H23N3O2S2/c1-9(2)13-14-8-12(15-13)20(17,18)16(3)10-6-5-7-11(10)19-4/h8-11H,5-7H2,1-4H3,(H,14,15)/t10-,11-/m0/s1. The zero-order valence-corrected chi connectivity index (χ0v) is 14.1. The quantitative estimate of drug-likeness (QED) is 0.906. The van der Waals surface area contributed by atoms with Gasteiger partial charge in [-0.15, -0.1) is 0 Å². The SMILES string of the molecule is CS[C@H]1CCC[C@@H]1N(C)S(=O)(=O)c1cnc(C(C)C)[nH]1. The molecular weight excluding hydrogens is 294 g/mol. The normalized spacial score (nSPS) is 23.9. The Morgan fingerprint density at radius 1 is 1.45 bits per heavy atom. The molecule has 7 heteroatoms. The topological polar surface area (TPSA) is 66.1 Å². The van der Waals surface area contributed by atoms with Gasteiger partial charge in [0.1, 0.15) is 5.82 Å². The van der Waals surface area contributed by atoms with Crippen LogP contribution in [0.15, 0.2) is 11.2 Å². The third kappa shape index (κ3) is 2.89. The molecule has 20 heavy (non-hydrogen) atoms. The molecule has 1 N–H and O–H groups in total. The lowest BCUT2D eigenvalue weighted by Gasteiger charge is -2.27. The van der Waals surface area contributed by atoms with E-state index in [0.29, 0.717) is 11.1 Å². The highest BCUT2D eigenvalue weighted by Gasteiger charge is 2.37. The Hall–Kier alpha value is -0.530. The maximum atomic E-state index is 12.7. The van der Waals surface area contributed by atoms with Crippen LogP contribution in [0, 0.1) is 0 Å². The number of thioether (sulfide) groups is 1. The number of nitrogens with one attached hydrogen (secondary N) is 1. The highest BCUT2D eigenvalue weighted by Crippen LogP contribution is 2.33. The first-order chi connectivity index (χ1) is 9.37. The molecule has 1 heterocycles. The molecule has 0 radical (unpaired) electrons. The molecule has 0 spiro atoms. The van der Waals surface area contributed by atoms with Crippen LogP contribution in [0.25, 0.3) is 0 Å². The van der Waals surface area contributed by atoms with Crippen molar-refractivity contribution in [3.05, 3.63) is 12.0 Å². The van der Waals surface area contributed by atoms with Crippen LogP contribution in [-0.4, -0.2) is 47.3 Å². The van der Waals surface area contributed by atoms with E-state index in [-0.39, 0.29) is 17.0 Å². The van der Waals surface area contributed by atoms with E-state index in [2.05, 4.69) is 16.2 Å². The molecule has 0 saturated heterocycles. The van der Waals surface area contributed by atoms with Gasteiger partial charge in [0.2, 0.25) is 0 Å². The molecular formula is C13H23N3O2S2. The van der Waals surface area contributed by atoms with E-state index in [4.69, 9.17) is 0 Å². The van der Waals surface area contributed by atoms with Crippen molar-refractivity contribution in [2.45, 2.75) is 55.3 Å². The second-order valence-electron chi connectivity index (χ2n) is 5.58. The Kier molecular flexibility index (Phi) is 4.81. The van der Waals surface area contributed by atoms with E-state index in [1.54, 1.807) is 18.8 Å². The molecule has 1 aliphatic carbocycles. The van der Waals surface area contributed by atoms with Crippen LogP contribution in [0.4, 0.5) is 0 Å². The van der Waals surface area contributed by atoms with E-state index in [0.717, 1.165) is 19.3 Å². The van der Waals surface area contributed by atoms with E-state index in [1.165, 1.54) is 10.5 Å². The van der Waals surface area contributed by atoms with Gasteiger partial charge in [-0.1, -0.05) is 20.3 Å². The predicted octanol–water partition coefficient (Wildman–Crippen LogP) is 2.44. The summed E-state index contributed by atoms with van der Waals surface area (Å²) < 4.78 is 26.9. The summed E-state index contributed by atoms with van der Waals surface area (Å²) >= 11 is 1.76. The van der Waals surface area contributed by atoms with Crippen molar-refractivity contribution in [1.29, 1.82) is 0 Å². The summed E-state index contributed by atoms with van der Waals surface area (Å²) in [6, 6.07) is 0.0841. The summed E-state index contributed by atoms with van der Waals surface area (Å²) in [5.74, 6) is 0.902. The molecule has 5 nitrogen and oxygen atoms in total. The number of nitrogens with zero attached hydrogens (tertiary/aromatic N) is 2. The van der Waals surface area contributed by atoms with Gasteiger partial charge in [0.05, 0.1) is 6.20 Å². The van der Waals surface area contributed by atoms with Crippen LogP contribution in [0.1, 0.15) is 44.9 Å². The molecule has 2 rings (SSSR count). The molecule has 0 amide bonds. The number of H-pyrrole nitrogens is 1. The van der Waals surface area contributed by atoms with Crippen LogP contribution in [0.2, 0.25) is 0 Å². The van der Waals surface area contributed by atoms with Crippen molar-refractivity contribution in [2.24, 2.45) is 0 Å². The molecule has 114 valence electrons. The van der Waals surface area contributed by atoms with Crippen LogP contribution in [0.3, 0.4) is 0 Å². The Labute approximate surface area is 125 Å². The number of rotatable bonds is 5. The minimum atomic E-state index is -3.48. The van der Waals surface area contributed by atoms with Gasteiger partial charge in [-0.25, -0.2) is 13.4 Å². The Balaban J connectivity index is 2.24. The number of hydrogen-bond acceptors (Lipinski definition) is 4. The highest BCUT2D eigenvalue weighted by atomic mass is 32.2. The molecule has 1 aromatic rings. The smallest absolute Gasteiger partial charge is 0.260 e. The number of aromatic amines is 1. The summed E-state index contributed by atoms with van der Waals surface area (Å²) in [5.41, 5.74) is 0. The number of aromatic nitrogens is 2. The molecule has 1 saturated carbocycles. The fraction of sp³-hybridized carbons (Fsp3) is 0.769. The van der Waals surface area contributed by atoms with Gasteiger partial charge < -0.3 is 4.98 Å². The van der Waals surface area contributed by atoms with Crippen molar-refractivity contribution in [1.82, 2.24) is 14.3 Å². The highest BCUT2D eigenvalue weighted by molar-refractivity contribution is 7.99. The minimum Gasteiger partial charge on any atom is -0.332 e. The van der Waals surface area contributed by atoms with Crippen LogP contribution in [0.5, 0.6) is 0 Å². The summed E-state index contributed by atoms with van der Waals surface area (Å²) in [7, 11) is -1.79. The number of imidazole rings is 1. The second-order valence-corrected chi connectivity index (χ2v) is 8.62. The second kappa shape index (κ2) is 6.07.